The van der Waals surface area contributed by atoms with Crippen LogP contribution in [0.2, 0.25) is 5.02 Å². The van der Waals surface area contributed by atoms with Gasteiger partial charge in [-0.2, -0.15) is 13.2 Å². The van der Waals surface area contributed by atoms with Crippen molar-refractivity contribution in [2.45, 2.75) is 26.1 Å². The highest BCUT2D eigenvalue weighted by molar-refractivity contribution is 6.30. The maximum atomic E-state index is 12.7. The van der Waals surface area contributed by atoms with Crippen molar-refractivity contribution in [3.05, 3.63) is 69.2 Å². The molecule has 0 heterocycles. The number of rotatable bonds is 2. The third-order valence-corrected chi connectivity index (χ3v) is 3.74. The quantitative estimate of drug-likeness (QED) is 0.827. The first-order valence-corrected chi connectivity index (χ1v) is 6.77. The first kappa shape index (κ1) is 15.9. The first-order chi connectivity index (χ1) is 9.70. The van der Waals surface area contributed by atoms with E-state index in [1.165, 1.54) is 6.07 Å². The molecule has 2 rings (SSSR count). The number of aryl methyl sites for hydroxylation is 2. The van der Waals surface area contributed by atoms with Crippen LogP contribution in [0.3, 0.4) is 0 Å². The van der Waals surface area contributed by atoms with Crippen molar-refractivity contribution in [1.82, 2.24) is 0 Å². The fourth-order valence-electron chi connectivity index (χ4n) is 2.31. The second-order valence-corrected chi connectivity index (χ2v) is 5.48. The van der Waals surface area contributed by atoms with Crippen LogP contribution in [-0.2, 0) is 6.18 Å². The van der Waals surface area contributed by atoms with E-state index in [0.29, 0.717) is 16.1 Å². The van der Waals surface area contributed by atoms with Crippen LogP contribution in [-0.4, -0.2) is 0 Å². The average molecular weight is 314 g/mol. The number of benzene rings is 2. The maximum absolute atomic E-state index is 12.7. The molecule has 0 aliphatic heterocycles. The van der Waals surface area contributed by atoms with E-state index in [-0.39, 0.29) is 0 Å². The van der Waals surface area contributed by atoms with E-state index in [1.54, 1.807) is 19.1 Å². The van der Waals surface area contributed by atoms with E-state index in [1.807, 2.05) is 13.0 Å². The molecule has 0 amide bonds. The predicted molar refractivity (Wildman–Crippen MR) is 78.4 cm³/mol. The second kappa shape index (κ2) is 5.70. The Morgan fingerprint density at radius 2 is 1.62 bits per heavy atom. The Labute approximate surface area is 126 Å². The van der Waals surface area contributed by atoms with Crippen LogP contribution in [0.15, 0.2) is 36.4 Å². The molecule has 0 aliphatic carbocycles. The topological polar surface area (TPSA) is 26.0 Å². The van der Waals surface area contributed by atoms with Gasteiger partial charge in [0.1, 0.15) is 0 Å². The Morgan fingerprint density at radius 3 is 2.19 bits per heavy atom. The van der Waals surface area contributed by atoms with Crippen molar-refractivity contribution >= 4 is 11.6 Å². The molecular formula is C16H15ClF3N. The lowest BCUT2D eigenvalue weighted by atomic mass is 9.92. The van der Waals surface area contributed by atoms with E-state index in [9.17, 15) is 13.2 Å². The number of halogens is 4. The first-order valence-electron chi connectivity index (χ1n) is 6.39. The zero-order chi connectivity index (χ0) is 15.8. The summed E-state index contributed by atoms with van der Waals surface area (Å²) in [5.74, 6) is 0. The van der Waals surface area contributed by atoms with Gasteiger partial charge in [-0.3, -0.25) is 0 Å². The summed E-state index contributed by atoms with van der Waals surface area (Å²) in [6, 6.07) is 8.45. The van der Waals surface area contributed by atoms with Crippen molar-refractivity contribution in [2.24, 2.45) is 5.73 Å². The van der Waals surface area contributed by atoms with Gasteiger partial charge in [-0.1, -0.05) is 23.7 Å². The third kappa shape index (κ3) is 3.39. The van der Waals surface area contributed by atoms with E-state index in [4.69, 9.17) is 17.3 Å². The molecule has 0 saturated heterocycles. The number of nitrogens with two attached hydrogens (primary N) is 1. The maximum Gasteiger partial charge on any atom is 0.416 e. The van der Waals surface area contributed by atoms with Gasteiger partial charge in [-0.05, 0) is 60.4 Å². The third-order valence-electron chi connectivity index (χ3n) is 3.51. The summed E-state index contributed by atoms with van der Waals surface area (Å²) >= 11 is 5.97. The molecule has 0 bridgehead atoms. The molecule has 112 valence electrons. The zero-order valence-electron chi connectivity index (χ0n) is 11.6. The van der Waals surface area contributed by atoms with Gasteiger partial charge in [-0.15, -0.1) is 0 Å². The standard InChI is InChI=1S/C16H15ClF3N/c1-9-3-5-12(17)8-14(9)15(21)13-6-4-11(7-10(13)2)16(18,19)20/h3-8,15H,21H2,1-2H3. The van der Waals surface area contributed by atoms with Crippen molar-refractivity contribution in [1.29, 1.82) is 0 Å². The molecule has 21 heavy (non-hydrogen) atoms. The lowest BCUT2D eigenvalue weighted by Crippen LogP contribution is -2.15. The average Bonchev–Trinajstić information content (AvgIpc) is 2.39. The summed E-state index contributed by atoms with van der Waals surface area (Å²) in [6.45, 7) is 3.52. The zero-order valence-corrected chi connectivity index (χ0v) is 12.4. The molecule has 1 atom stereocenters. The molecule has 1 unspecified atom stereocenters. The minimum absolute atomic E-state index is 0.508. The summed E-state index contributed by atoms with van der Waals surface area (Å²) in [7, 11) is 0. The molecule has 0 aromatic heterocycles. The number of hydrogen-bond donors (Lipinski definition) is 1. The fourth-order valence-corrected chi connectivity index (χ4v) is 2.50. The van der Waals surface area contributed by atoms with Crippen LogP contribution >= 0.6 is 11.6 Å². The molecule has 2 aromatic carbocycles. The van der Waals surface area contributed by atoms with Gasteiger partial charge in [0.05, 0.1) is 11.6 Å². The minimum atomic E-state index is -4.35. The van der Waals surface area contributed by atoms with Crippen LogP contribution in [0, 0.1) is 13.8 Å². The highest BCUT2D eigenvalue weighted by Crippen LogP contribution is 2.33. The molecule has 0 saturated carbocycles. The smallest absolute Gasteiger partial charge is 0.320 e. The predicted octanol–water partition coefficient (Wildman–Crippen LogP) is 5.02. The van der Waals surface area contributed by atoms with Gasteiger partial charge in [0.2, 0.25) is 0 Å². The Kier molecular flexibility index (Phi) is 4.30. The second-order valence-electron chi connectivity index (χ2n) is 5.05. The van der Waals surface area contributed by atoms with Crippen LogP contribution < -0.4 is 5.73 Å². The van der Waals surface area contributed by atoms with Gasteiger partial charge in [-0.25, -0.2) is 0 Å². The largest absolute Gasteiger partial charge is 0.416 e. The van der Waals surface area contributed by atoms with Gasteiger partial charge in [0.25, 0.3) is 0 Å². The SMILES string of the molecule is Cc1cc(C(F)(F)F)ccc1C(N)c1cc(Cl)ccc1C. The summed E-state index contributed by atoms with van der Waals surface area (Å²) in [4.78, 5) is 0. The molecule has 0 spiro atoms. The molecule has 1 nitrogen and oxygen atoms in total. The van der Waals surface area contributed by atoms with Crippen LogP contribution in [0.25, 0.3) is 0 Å². The Balaban J connectivity index is 2.44. The summed E-state index contributed by atoms with van der Waals surface area (Å²) in [5.41, 5.74) is 8.47. The molecule has 0 radical (unpaired) electrons. The van der Waals surface area contributed by atoms with E-state index >= 15 is 0 Å². The van der Waals surface area contributed by atoms with Crippen molar-refractivity contribution < 1.29 is 13.2 Å². The van der Waals surface area contributed by atoms with Gasteiger partial charge in [0.15, 0.2) is 0 Å². The van der Waals surface area contributed by atoms with E-state index < -0.39 is 17.8 Å². The van der Waals surface area contributed by atoms with Crippen LogP contribution in [0.1, 0.15) is 33.9 Å². The monoisotopic (exact) mass is 313 g/mol. The van der Waals surface area contributed by atoms with Gasteiger partial charge >= 0.3 is 6.18 Å². The van der Waals surface area contributed by atoms with Crippen molar-refractivity contribution in [3.63, 3.8) is 0 Å². The molecule has 0 aliphatic rings. The Bertz CT molecular complexity index is 665. The Morgan fingerprint density at radius 1 is 0.952 bits per heavy atom. The van der Waals surface area contributed by atoms with Crippen molar-refractivity contribution in [3.8, 4) is 0 Å². The molecular weight excluding hydrogens is 299 g/mol. The highest BCUT2D eigenvalue weighted by atomic mass is 35.5. The fraction of sp³-hybridized carbons (Fsp3) is 0.250. The van der Waals surface area contributed by atoms with Gasteiger partial charge < -0.3 is 5.73 Å². The molecule has 0 fully saturated rings. The molecule has 2 N–H and O–H groups in total. The molecule has 5 heteroatoms. The van der Waals surface area contributed by atoms with E-state index in [0.717, 1.165) is 23.3 Å². The lowest BCUT2D eigenvalue weighted by molar-refractivity contribution is -0.137. The van der Waals surface area contributed by atoms with Gasteiger partial charge in [0, 0.05) is 5.02 Å². The van der Waals surface area contributed by atoms with Crippen LogP contribution in [0.5, 0.6) is 0 Å². The van der Waals surface area contributed by atoms with E-state index in [2.05, 4.69) is 0 Å². The van der Waals surface area contributed by atoms with Crippen LogP contribution in [0.4, 0.5) is 13.2 Å². The highest BCUT2D eigenvalue weighted by Gasteiger charge is 2.31. The van der Waals surface area contributed by atoms with Crippen molar-refractivity contribution in [2.75, 3.05) is 0 Å². The molecule has 2 aromatic rings. The Hall–Kier alpha value is -1.52. The summed E-state index contributed by atoms with van der Waals surface area (Å²) < 4.78 is 38.1. The normalized spacial score (nSPS) is 13.3. The number of hydrogen-bond acceptors (Lipinski definition) is 1. The number of alkyl halides is 3. The summed E-state index contributed by atoms with van der Waals surface area (Å²) in [6.07, 6.45) is -4.35. The lowest BCUT2D eigenvalue weighted by Gasteiger charge is -2.19. The summed E-state index contributed by atoms with van der Waals surface area (Å²) in [5, 5.41) is 0.551. The minimum Gasteiger partial charge on any atom is -0.320 e.